The van der Waals surface area contributed by atoms with Gasteiger partial charge in [0.15, 0.2) is 0 Å². The smallest absolute Gasteiger partial charge is 0.331 e. The quantitative estimate of drug-likeness (QED) is 0.477. The van der Waals surface area contributed by atoms with Crippen LogP contribution >= 0.6 is 7.60 Å². The number of ether oxygens (including phenoxy) is 1. The minimum atomic E-state index is -3.88. The molecule has 0 saturated carbocycles. The van der Waals surface area contributed by atoms with Crippen LogP contribution in [0.5, 0.6) is 0 Å². The summed E-state index contributed by atoms with van der Waals surface area (Å²) in [6.07, 6.45) is -5.36. The Morgan fingerprint density at radius 1 is 1.29 bits per heavy atom. The first-order valence-electron chi connectivity index (χ1n) is 5.39. The zero-order valence-electron chi connectivity index (χ0n) is 9.76. The molecule has 102 valence electrons. The van der Waals surface area contributed by atoms with Crippen LogP contribution in [0.2, 0.25) is 0 Å². The van der Waals surface area contributed by atoms with Crippen LogP contribution < -0.4 is 0 Å². The SMILES string of the molecule is CC(C)OP(=O)(O)CC1OC(CO)C(O)C1O. The van der Waals surface area contributed by atoms with E-state index in [1.165, 1.54) is 0 Å². The molecule has 1 saturated heterocycles. The largest absolute Gasteiger partial charge is 0.394 e. The monoisotopic (exact) mass is 270 g/mol. The van der Waals surface area contributed by atoms with Gasteiger partial charge in [0.1, 0.15) is 18.3 Å². The predicted octanol–water partition coefficient (Wildman–Crippen LogP) is -0.922. The second kappa shape index (κ2) is 5.75. The number of hydrogen-bond acceptors (Lipinski definition) is 6. The molecule has 7 nitrogen and oxygen atoms in total. The van der Waals surface area contributed by atoms with Gasteiger partial charge in [0.05, 0.1) is 25.0 Å². The van der Waals surface area contributed by atoms with Gasteiger partial charge < -0.3 is 29.5 Å². The fourth-order valence-corrected chi connectivity index (χ4v) is 3.23. The number of rotatable bonds is 5. The zero-order valence-corrected chi connectivity index (χ0v) is 10.7. The van der Waals surface area contributed by atoms with Crippen molar-refractivity contribution in [2.75, 3.05) is 12.8 Å². The van der Waals surface area contributed by atoms with Gasteiger partial charge in [-0.25, -0.2) is 0 Å². The molecule has 1 aliphatic heterocycles. The Kier molecular flexibility index (Phi) is 5.09. The van der Waals surface area contributed by atoms with Crippen LogP contribution in [-0.4, -0.2) is 63.5 Å². The van der Waals surface area contributed by atoms with Crippen LogP contribution in [0.25, 0.3) is 0 Å². The summed E-state index contributed by atoms with van der Waals surface area (Å²) in [7, 11) is -3.88. The molecule has 5 unspecified atom stereocenters. The Morgan fingerprint density at radius 3 is 2.24 bits per heavy atom. The first kappa shape index (κ1) is 15.0. The normalized spacial score (nSPS) is 37.4. The molecule has 1 heterocycles. The molecule has 0 aromatic rings. The van der Waals surface area contributed by atoms with Gasteiger partial charge in [-0.1, -0.05) is 0 Å². The van der Waals surface area contributed by atoms with Gasteiger partial charge in [0, 0.05) is 0 Å². The van der Waals surface area contributed by atoms with Gasteiger partial charge in [-0.15, -0.1) is 0 Å². The van der Waals surface area contributed by atoms with E-state index in [9.17, 15) is 19.7 Å². The zero-order chi connectivity index (χ0) is 13.2. The van der Waals surface area contributed by atoms with Crippen LogP contribution in [0.15, 0.2) is 0 Å². The Balaban J connectivity index is 2.61. The van der Waals surface area contributed by atoms with Crippen molar-refractivity contribution in [1.29, 1.82) is 0 Å². The van der Waals surface area contributed by atoms with Crippen molar-refractivity contribution >= 4 is 7.60 Å². The second-order valence-corrected chi connectivity index (χ2v) is 6.20. The summed E-state index contributed by atoms with van der Waals surface area (Å²) in [4.78, 5) is 9.51. The van der Waals surface area contributed by atoms with E-state index in [0.29, 0.717) is 0 Å². The topological polar surface area (TPSA) is 116 Å². The van der Waals surface area contributed by atoms with Crippen LogP contribution in [-0.2, 0) is 13.8 Å². The highest BCUT2D eigenvalue weighted by Gasteiger charge is 2.45. The van der Waals surface area contributed by atoms with Crippen molar-refractivity contribution in [2.24, 2.45) is 0 Å². The molecular formula is C9H19O7P. The van der Waals surface area contributed by atoms with E-state index in [2.05, 4.69) is 0 Å². The highest BCUT2D eigenvalue weighted by atomic mass is 31.2. The fourth-order valence-electron chi connectivity index (χ4n) is 1.73. The Bertz CT molecular complexity index is 295. The third kappa shape index (κ3) is 3.99. The van der Waals surface area contributed by atoms with E-state index in [1.54, 1.807) is 13.8 Å². The molecule has 17 heavy (non-hydrogen) atoms. The lowest BCUT2D eigenvalue weighted by molar-refractivity contribution is -0.0176. The molecular weight excluding hydrogens is 251 g/mol. The van der Waals surface area contributed by atoms with Gasteiger partial charge >= 0.3 is 7.60 Å². The maximum atomic E-state index is 11.6. The molecule has 5 atom stereocenters. The van der Waals surface area contributed by atoms with Crippen LogP contribution in [0.1, 0.15) is 13.8 Å². The summed E-state index contributed by atoms with van der Waals surface area (Å²) < 4.78 is 21.5. The summed E-state index contributed by atoms with van der Waals surface area (Å²) in [6, 6.07) is 0. The molecule has 1 fully saturated rings. The summed E-state index contributed by atoms with van der Waals surface area (Å²) in [5.74, 6) is 0. The second-order valence-electron chi connectivity index (χ2n) is 4.35. The van der Waals surface area contributed by atoms with E-state index in [4.69, 9.17) is 14.4 Å². The molecule has 4 N–H and O–H groups in total. The highest BCUT2D eigenvalue weighted by molar-refractivity contribution is 7.52. The molecule has 1 aliphatic rings. The Hall–Kier alpha value is -0.0100. The summed E-state index contributed by atoms with van der Waals surface area (Å²) in [5.41, 5.74) is 0. The van der Waals surface area contributed by atoms with Gasteiger partial charge in [0.2, 0.25) is 0 Å². The van der Waals surface area contributed by atoms with E-state index in [-0.39, 0.29) is 0 Å². The van der Waals surface area contributed by atoms with Gasteiger partial charge in [-0.2, -0.15) is 0 Å². The van der Waals surface area contributed by atoms with Crippen molar-refractivity contribution in [3.8, 4) is 0 Å². The lowest BCUT2D eigenvalue weighted by Crippen LogP contribution is -2.35. The first-order chi connectivity index (χ1) is 7.76. The van der Waals surface area contributed by atoms with E-state index >= 15 is 0 Å². The maximum absolute atomic E-state index is 11.6. The van der Waals surface area contributed by atoms with Gasteiger partial charge in [-0.3, -0.25) is 4.57 Å². The number of hydrogen-bond donors (Lipinski definition) is 4. The third-order valence-electron chi connectivity index (χ3n) is 2.43. The van der Waals surface area contributed by atoms with E-state index in [1.807, 2.05) is 0 Å². The molecule has 0 bridgehead atoms. The van der Waals surface area contributed by atoms with Crippen LogP contribution in [0, 0.1) is 0 Å². The standard InChI is InChI=1S/C9H19O7P/c1-5(2)16-17(13,14)4-7-9(12)8(11)6(3-10)15-7/h5-12H,3-4H2,1-2H3,(H,13,14). The van der Waals surface area contributed by atoms with Gasteiger partial charge in [-0.05, 0) is 13.8 Å². The molecule has 1 rings (SSSR count). The average molecular weight is 270 g/mol. The number of aliphatic hydroxyl groups excluding tert-OH is 3. The predicted molar refractivity (Wildman–Crippen MR) is 58.7 cm³/mol. The van der Waals surface area contributed by atoms with Crippen LogP contribution in [0.4, 0.5) is 0 Å². The number of aliphatic hydroxyl groups is 3. The first-order valence-corrected chi connectivity index (χ1v) is 7.16. The summed E-state index contributed by atoms with van der Waals surface area (Å²) in [6.45, 7) is 2.76. The summed E-state index contributed by atoms with van der Waals surface area (Å²) in [5, 5.41) is 27.9. The summed E-state index contributed by atoms with van der Waals surface area (Å²) >= 11 is 0. The average Bonchev–Trinajstić information content (AvgIpc) is 2.43. The highest BCUT2D eigenvalue weighted by Crippen LogP contribution is 2.46. The van der Waals surface area contributed by atoms with E-state index in [0.717, 1.165) is 0 Å². The van der Waals surface area contributed by atoms with Crippen molar-refractivity contribution in [2.45, 2.75) is 44.4 Å². The molecule has 0 amide bonds. The molecule has 0 aromatic heterocycles. The molecule has 0 aliphatic carbocycles. The lowest BCUT2D eigenvalue weighted by atomic mass is 10.1. The van der Waals surface area contributed by atoms with Crippen molar-refractivity contribution in [3.63, 3.8) is 0 Å². The molecule has 0 aromatic carbocycles. The Morgan fingerprint density at radius 2 is 1.82 bits per heavy atom. The molecule has 8 heteroatoms. The van der Waals surface area contributed by atoms with Gasteiger partial charge in [0.25, 0.3) is 0 Å². The van der Waals surface area contributed by atoms with Crippen molar-refractivity contribution < 1.29 is 34.0 Å². The van der Waals surface area contributed by atoms with E-state index < -0.39 is 50.9 Å². The van der Waals surface area contributed by atoms with Crippen molar-refractivity contribution in [3.05, 3.63) is 0 Å². The Labute approximate surface area is 99.5 Å². The minimum absolute atomic E-state index is 0.417. The minimum Gasteiger partial charge on any atom is -0.394 e. The maximum Gasteiger partial charge on any atom is 0.331 e. The fraction of sp³-hybridized carbons (Fsp3) is 1.00. The third-order valence-corrected chi connectivity index (χ3v) is 4.00. The lowest BCUT2D eigenvalue weighted by Gasteiger charge is -2.20. The molecule has 0 spiro atoms. The molecule has 0 radical (unpaired) electrons. The van der Waals surface area contributed by atoms with Crippen LogP contribution in [0.3, 0.4) is 0 Å². The van der Waals surface area contributed by atoms with Crippen molar-refractivity contribution in [1.82, 2.24) is 0 Å².